The van der Waals surface area contributed by atoms with Gasteiger partial charge in [-0.1, -0.05) is 6.07 Å². The number of methoxy groups -OCH3 is 1. The van der Waals surface area contributed by atoms with E-state index in [4.69, 9.17) is 4.74 Å². The summed E-state index contributed by atoms with van der Waals surface area (Å²) in [6.45, 7) is 3.58. The maximum atomic E-state index is 13.0. The van der Waals surface area contributed by atoms with Gasteiger partial charge in [-0.05, 0) is 26.0 Å². The number of hydrogen-bond acceptors (Lipinski definition) is 5. The molecule has 0 aliphatic carbocycles. The molecule has 0 unspecified atom stereocenters. The second kappa shape index (κ2) is 6.72. The molecule has 1 aromatic heterocycles. The van der Waals surface area contributed by atoms with Crippen molar-refractivity contribution in [3.8, 4) is 5.75 Å². The van der Waals surface area contributed by atoms with Gasteiger partial charge in [0.2, 0.25) is 5.95 Å². The minimum absolute atomic E-state index is 0.0451. The van der Waals surface area contributed by atoms with Crippen molar-refractivity contribution in [3.05, 3.63) is 36.0 Å². The van der Waals surface area contributed by atoms with Crippen molar-refractivity contribution in [1.82, 2.24) is 9.97 Å². The SMILES string of the molecule is COc1cccc(Nc2cc(C(F)(F)F)nc(NC(C)C)n2)c1. The number of benzene rings is 1. The lowest BCUT2D eigenvalue weighted by Gasteiger charge is -2.14. The smallest absolute Gasteiger partial charge is 0.433 e. The van der Waals surface area contributed by atoms with Gasteiger partial charge >= 0.3 is 6.18 Å². The molecule has 8 heteroatoms. The predicted octanol–water partition coefficient (Wildman–Crippen LogP) is 4.07. The average Bonchev–Trinajstić information content (AvgIpc) is 2.45. The zero-order valence-electron chi connectivity index (χ0n) is 12.9. The number of ether oxygens (including phenoxy) is 1. The van der Waals surface area contributed by atoms with Gasteiger partial charge in [-0.15, -0.1) is 0 Å². The fourth-order valence-corrected chi connectivity index (χ4v) is 1.83. The number of halogens is 3. The van der Waals surface area contributed by atoms with E-state index < -0.39 is 11.9 Å². The van der Waals surface area contributed by atoms with E-state index in [0.29, 0.717) is 11.4 Å². The molecular formula is C15H17F3N4O. The highest BCUT2D eigenvalue weighted by atomic mass is 19.4. The summed E-state index contributed by atoms with van der Waals surface area (Å²) in [5, 5.41) is 5.61. The van der Waals surface area contributed by atoms with E-state index in [0.717, 1.165) is 6.07 Å². The molecule has 0 aliphatic rings. The van der Waals surface area contributed by atoms with Crippen molar-refractivity contribution >= 4 is 17.5 Å². The molecule has 1 aromatic carbocycles. The van der Waals surface area contributed by atoms with Gasteiger partial charge in [0, 0.05) is 23.9 Å². The lowest BCUT2D eigenvalue weighted by Crippen LogP contribution is -2.17. The van der Waals surface area contributed by atoms with Gasteiger partial charge in [-0.3, -0.25) is 0 Å². The van der Waals surface area contributed by atoms with Crippen molar-refractivity contribution in [2.75, 3.05) is 17.7 Å². The summed E-state index contributed by atoms with van der Waals surface area (Å²) in [4.78, 5) is 7.57. The van der Waals surface area contributed by atoms with Crippen LogP contribution in [-0.4, -0.2) is 23.1 Å². The van der Waals surface area contributed by atoms with Crippen molar-refractivity contribution in [3.63, 3.8) is 0 Å². The number of rotatable bonds is 5. The van der Waals surface area contributed by atoms with Crippen LogP contribution in [0.2, 0.25) is 0 Å². The van der Waals surface area contributed by atoms with Crippen molar-refractivity contribution in [2.45, 2.75) is 26.1 Å². The third-order valence-corrected chi connectivity index (χ3v) is 2.78. The van der Waals surface area contributed by atoms with Gasteiger partial charge in [-0.25, -0.2) is 4.98 Å². The predicted molar refractivity (Wildman–Crippen MR) is 82.1 cm³/mol. The molecule has 0 amide bonds. The van der Waals surface area contributed by atoms with Gasteiger partial charge in [0.05, 0.1) is 7.11 Å². The first kappa shape index (κ1) is 16.9. The Morgan fingerprint density at radius 1 is 1.13 bits per heavy atom. The second-order valence-corrected chi connectivity index (χ2v) is 5.12. The normalized spacial score (nSPS) is 11.4. The lowest BCUT2D eigenvalue weighted by molar-refractivity contribution is -0.141. The van der Waals surface area contributed by atoms with E-state index in [1.807, 2.05) is 0 Å². The Morgan fingerprint density at radius 2 is 1.87 bits per heavy atom. The molecule has 0 atom stereocenters. The summed E-state index contributed by atoms with van der Waals surface area (Å²) < 4.78 is 44.0. The second-order valence-electron chi connectivity index (χ2n) is 5.12. The first-order chi connectivity index (χ1) is 10.8. The zero-order valence-corrected chi connectivity index (χ0v) is 12.9. The molecular weight excluding hydrogens is 309 g/mol. The molecule has 0 spiro atoms. The van der Waals surface area contributed by atoms with Crippen LogP contribution in [0.4, 0.5) is 30.6 Å². The van der Waals surface area contributed by atoms with Crippen LogP contribution in [0.1, 0.15) is 19.5 Å². The van der Waals surface area contributed by atoms with E-state index in [2.05, 4.69) is 20.6 Å². The average molecular weight is 326 g/mol. The van der Waals surface area contributed by atoms with Gasteiger partial charge in [0.15, 0.2) is 5.69 Å². The molecule has 0 bridgehead atoms. The topological polar surface area (TPSA) is 59.1 Å². The van der Waals surface area contributed by atoms with Crippen molar-refractivity contribution < 1.29 is 17.9 Å². The van der Waals surface area contributed by atoms with E-state index >= 15 is 0 Å². The van der Waals surface area contributed by atoms with Gasteiger partial charge < -0.3 is 15.4 Å². The molecule has 0 saturated heterocycles. The Balaban J connectivity index is 2.36. The molecule has 2 aromatic rings. The number of aromatic nitrogens is 2. The zero-order chi connectivity index (χ0) is 17.0. The highest BCUT2D eigenvalue weighted by Gasteiger charge is 2.33. The third kappa shape index (κ3) is 4.73. The number of anilines is 3. The number of nitrogens with zero attached hydrogens (tertiary/aromatic N) is 2. The monoisotopic (exact) mass is 326 g/mol. The summed E-state index contributed by atoms with van der Waals surface area (Å²) in [6, 6.07) is 7.59. The largest absolute Gasteiger partial charge is 0.497 e. The molecule has 0 saturated carbocycles. The Labute approximate surface area is 131 Å². The van der Waals surface area contributed by atoms with Gasteiger partial charge in [0.1, 0.15) is 11.6 Å². The molecule has 0 radical (unpaired) electrons. The van der Waals surface area contributed by atoms with Crippen LogP contribution in [0.3, 0.4) is 0 Å². The van der Waals surface area contributed by atoms with E-state index in [1.165, 1.54) is 7.11 Å². The molecule has 5 nitrogen and oxygen atoms in total. The summed E-state index contributed by atoms with van der Waals surface area (Å²) >= 11 is 0. The first-order valence-electron chi connectivity index (χ1n) is 6.92. The highest BCUT2D eigenvalue weighted by Crippen LogP contribution is 2.30. The molecule has 124 valence electrons. The Kier molecular flexibility index (Phi) is 4.92. The Morgan fingerprint density at radius 3 is 2.48 bits per heavy atom. The van der Waals surface area contributed by atoms with Gasteiger partial charge in [-0.2, -0.15) is 18.2 Å². The van der Waals surface area contributed by atoms with Crippen molar-refractivity contribution in [2.24, 2.45) is 0 Å². The molecule has 1 heterocycles. The van der Waals surface area contributed by atoms with Crippen LogP contribution in [-0.2, 0) is 6.18 Å². The standard InChI is InChI=1S/C15H17F3N4O/c1-9(2)19-14-21-12(15(16,17)18)8-13(22-14)20-10-5-4-6-11(7-10)23-3/h4-9H,1-3H3,(H2,19,20,21,22). The van der Waals surface area contributed by atoms with E-state index in [-0.39, 0.29) is 17.8 Å². The number of nitrogens with one attached hydrogen (secondary N) is 2. The Bertz CT molecular complexity index is 674. The molecule has 0 aliphatic heterocycles. The van der Waals surface area contributed by atoms with E-state index in [1.54, 1.807) is 38.1 Å². The minimum Gasteiger partial charge on any atom is -0.497 e. The summed E-state index contributed by atoms with van der Waals surface area (Å²) in [7, 11) is 1.51. The molecule has 23 heavy (non-hydrogen) atoms. The summed E-state index contributed by atoms with van der Waals surface area (Å²) in [5.74, 6) is 0.546. The fourth-order valence-electron chi connectivity index (χ4n) is 1.83. The van der Waals surface area contributed by atoms with Crippen LogP contribution in [0, 0.1) is 0 Å². The van der Waals surface area contributed by atoms with Crippen LogP contribution in [0.15, 0.2) is 30.3 Å². The quantitative estimate of drug-likeness (QED) is 0.867. The van der Waals surface area contributed by atoms with Crippen LogP contribution < -0.4 is 15.4 Å². The minimum atomic E-state index is -4.55. The summed E-state index contributed by atoms with van der Waals surface area (Å²) in [5.41, 5.74) is -0.451. The maximum absolute atomic E-state index is 13.0. The number of alkyl halides is 3. The summed E-state index contributed by atoms with van der Waals surface area (Å²) in [6.07, 6.45) is -4.55. The molecule has 2 rings (SSSR count). The Hall–Kier alpha value is -2.51. The van der Waals surface area contributed by atoms with Gasteiger partial charge in [0.25, 0.3) is 0 Å². The molecule has 2 N–H and O–H groups in total. The first-order valence-corrected chi connectivity index (χ1v) is 6.92. The number of hydrogen-bond donors (Lipinski definition) is 2. The maximum Gasteiger partial charge on any atom is 0.433 e. The highest BCUT2D eigenvalue weighted by molar-refractivity contribution is 5.59. The lowest BCUT2D eigenvalue weighted by atomic mass is 10.3. The molecule has 0 fully saturated rings. The third-order valence-electron chi connectivity index (χ3n) is 2.78. The van der Waals surface area contributed by atoms with Crippen LogP contribution in [0.5, 0.6) is 5.75 Å². The van der Waals surface area contributed by atoms with Crippen LogP contribution >= 0.6 is 0 Å². The fraction of sp³-hybridized carbons (Fsp3) is 0.333. The van der Waals surface area contributed by atoms with Crippen LogP contribution in [0.25, 0.3) is 0 Å². The van der Waals surface area contributed by atoms with E-state index in [9.17, 15) is 13.2 Å². The van der Waals surface area contributed by atoms with Crippen molar-refractivity contribution in [1.29, 1.82) is 0 Å².